The molecule has 0 aliphatic rings. The van der Waals surface area contributed by atoms with Crippen LogP contribution in [0.15, 0.2) is 58.0 Å². The van der Waals surface area contributed by atoms with E-state index in [1.807, 2.05) is 24.3 Å². The lowest BCUT2D eigenvalue weighted by Gasteiger charge is -2.20. The van der Waals surface area contributed by atoms with Crippen molar-refractivity contribution in [2.24, 2.45) is 0 Å². The van der Waals surface area contributed by atoms with Crippen molar-refractivity contribution in [2.75, 3.05) is 6.61 Å². The summed E-state index contributed by atoms with van der Waals surface area (Å²) in [5.41, 5.74) is 1.51. The van der Waals surface area contributed by atoms with Crippen LogP contribution in [-0.2, 0) is 21.2 Å². The molecule has 3 aromatic rings. The summed E-state index contributed by atoms with van der Waals surface area (Å²) >= 11 is 3.23. The predicted molar refractivity (Wildman–Crippen MR) is 106 cm³/mol. The average molecular weight is 466 g/mol. The Morgan fingerprint density at radius 1 is 1.29 bits per heavy atom. The number of nitrogens with one attached hydrogen (secondary N) is 2. The Morgan fingerprint density at radius 3 is 2.75 bits per heavy atom. The Hall–Kier alpha value is -2.36. The van der Waals surface area contributed by atoms with E-state index in [4.69, 9.17) is 4.74 Å². The SMILES string of the molecule is CCOc1ccc(Br)cc1S(=O)(=O)N[C@@H](Cc1c[nH]c2ccccc12)C(=O)[O-]. The van der Waals surface area contributed by atoms with E-state index in [0.717, 1.165) is 10.9 Å². The van der Waals surface area contributed by atoms with Gasteiger partial charge >= 0.3 is 0 Å². The van der Waals surface area contributed by atoms with Crippen LogP contribution in [0.4, 0.5) is 0 Å². The third-order valence-corrected chi connectivity index (χ3v) is 6.16. The summed E-state index contributed by atoms with van der Waals surface area (Å²) in [7, 11) is -4.17. The third-order valence-electron chi connectivity index (χ3n) is 4.18. The van der Waals surface area contributed by atoms with Gasteiger partial charge in [0, 0.05) is 21.6 Å². The molecule has 1 atom stereocenters. The van der Waals surface area contributed by atoms with Gasteiger partial charge in [0.1, 0.15) is 10.6 Å². The molecule has 0 aliphatic carbocycles. The summed E-state index contributed by atoms with van der Waals surface area (Å²) in [6.45, 7) is 2.00. The van der Waals surface area contributed by atoms with Gasteiger partial charge in [-0.3, -0.25) is 0 Å². The normalized spacial score (nSPS) is 12.8. The molecule has 28 heavy (non-hydrogen) atoms. The van der Waals surface area contributed by atoms with Gasteiger partial charge in [0.2, 0.25) is 10.0 Å². The number of carboxylic acid groups (broad SMARTS) is 1. The van der Waals surface area contributed by atoms with Crippen LogP contribution in [0.3, 0.4) is 0 Å². The monoisotopic (exact) mass is 465 g/mol. The maximum atomic E-state index is 12.9. The summed E-state index contributed by atoms with van der Waals surface area (Å²) in [5, 5.41) is 12.5. The number of hydrogen-bond donors (Lipinski definition) is 2. The van der Waals surface area contributed by atoms with Crippen molar-refractivity contribution in [3.63, 3.8) is 0 Å². The molecule has 0 saturated heterocycles. The van der Waals surface area contributed by atoms with E-state index in [9.17, 15) is 18.3 Å². The van der Waals surface area contributed by atoms with Crippen LogP contribution in [0.2, 0.25) is 0 Å². The molecule has 1 aromatic heterocycles. The van der Waals surface area contributed by atoms with E-state index in [0.29, 0.717) is 10.0 Å². The highest BCUT2D eigenvalue weighted by molar-refractivity contribution is 9.10. The molecule has 0 bridgehead atoms. The number of fused-ring (bicyclic) bond motifs is 1. The van der Waals surface area contributed by atoms with E-state index in [-0.39, 0.29) is 23.7 Å². The lowest BCUT2D eigenvalue weighted by molar-refractivity contribution is -0.307. The van der Waals surface area contributed by atoms with Crippen LogP contribution in [-0.4, -0.2) is 32.0 Å². The number of carbonyl (C=O) groups is 1. The average Bonchev–Trinajstić information content (AvgIpc) is 3.05. The van der Waals surface area contributed by atoms with Crippen molar-refractivity contribution >= 4 is 42.8 Å². The highest BCUT2D eigenvalue weighted by Crippen LogP contribution is 2.28. The molecule has 0 saturated carbocycles. The molecular weight excluding hydrogens is 448 g/mol. The first-order chi connectivity index (χ1) is 13.3. The minimum atomic E-state index is -4.17. The number of sulfonamides is 1. The maximum absolute atomic E-state index is 12.9. The first-order valence-corrected chi connectivity index (χ1v) is 10.8. The summed E-state index contributed by atoms with van der Waals surface area (Å²) in [5.74, 6) is -1.37. The first kappa shape index (κ1) is 20.4. The third kappa shape index (κ3) is 4.37. The van der Waals surface area contributed by atoms with E-state index in [1.165, 1.54) is 12.1 Å². The lowest BCUT2D eigenvalue weighted by atomic mass is 10.1. The zero-order chi connectivity index (χ0) is 20.3. The fourth-order valence-electron chi connectivity index (χ4n) is 2.91. The van der Waals surface area contributed by atoms with E-state index in [2.05, 4.69) is 25.6 Å². The number of hydrogen-bond acceptors (Lipinski definition) is 5. The van der Waals surface area contributed by atoms with Crippen LogP contribution in [0.5, 0.6) is 5.75 Å². The van der Waals surface area contributed by atoms with Gasteiger partial charge in [0.25, 0.3) is 0 Å². The second kappa shape index (κ2) is 8.34. The van der Waals surface area contributed by atoms with Gasteiger partial charge in [-0.15, -0.1) is 0 Å². The van der Waals surface area contributed by atoms with E-state index in [1.54, 1.807) is 19.2 Å². The Morgan fingerprint density at radius 2 is 2.04 bits per heavy atom. The Labute approximate surface area is 170 Å². The predicted octanol–water partition coefficient (Wildman–Crippen LogP) is 1.97. The number of benzene rings is 2. The summed E-state index contributed by atoms with van der Waals surface area (Å²) in [6.07, 6.45) is 1.60. The standard InChI is InChI=1S/C19H19BrN2O5S/c1-2-27-17-8-7-13(20)10-18(17)28(25,26)22-16(19(23)24)9-12-11-21-15-6-4-3-5-14(12)15/h3-8,10-11,16,21-22H,2,9H2,1H3,(H,23,24)/p-1/t16-/m0/s1. The number of carbonyl (C=O) groups excluding carboxylic acids is 1. The van der Waals surface area contributed by atoms with Gasteiger partial charge in [-0.25, -0.2) is 13.1 Å². The largest absolute Gasteiger partial charge is 0.548 e. The Kier molecular flexibility index (Phi) is 6.07. The minimum Gasteiger partial charge on any atom is -0.548 e. The topological polar surface area (TPSA) is 111 Å². The van der Waals surface area contributed by atoms with Gasteiger partial charge in [0.05, 0.1) is 18.6 Å². The van der Waals surface area contributed by atoms with E-state index < -0.39 is 22.0 Å². The smallest absolute Gasteiger partial charge is 0.244 e. The molecule has 0 aliphatic heterocycles. The summed E-state index contributed by atoms with van der Waals surface area (Å²) in [6, 6.07) is 10.4. The molecule has 1 heterocycles. The van der Waals surface area contributed by atoms with Gasteiger partial charge in [0.15, 0.2) is 0 Å². The molecule has 0 fully saturated rings. The fourth-order valence-corrected chi connectivity index (χ4v) is 4.78. The summed E-state index contributed by atoms with van der Waals surface area (Å²) in [4.78, 5) is 14.6. The van der Waals surface area contributed by atoms with Crippen molar-refractivity contribution in [3.8, 4) is 5.75 Å². The van der Waals surface area contributed by atoms with Gasteiger partial charge in [-0.2, -0.15) is 0 Å². The fraction of sp³-hybridized carbons (Fsp3) is 0.211. The summed E-state index contributed by atoms with van der Waals surface area (Å²) < 4.78 is 33.9. The number of H-pyrrole nitrogens is 1. The number of aromatic amines is 1. The van der Waals surface area contributed by atoms with Gasteiger partial charge in [-0.05, 0) is 43.2 Å². The molecule has 9 heteroatoms. The molecule has 0 amide bonds. The Balaban J connectivity index is 1.92. The van der Waals surface area contributed by atoms with Crippen LogP contribution in [0.1, 0.15) is 12.5 Å². The number of rotatable bonds is 8. The highest BCUT2D eigenvalue weighted by Gasteiger charge is 2.25. The molecule has 3 rings (SSSR count). The quantitative estimate of drug-likeness (QED) is 0.528. The lowest BCUT2D eigenvalue weighted by Crippen LogP contribution is -2.49. The zero-order valence-electron chi connectivity index (χ0n) is 14.9. The van der Waals surface area contributed by atoms with E-state index >= 15 is 0 Å². The molecule has 0 radical (unpaired) electrons. The van der Waals surface area contributed by atoms with Crippen molar-refractivity contribution in [3.05, 3.63) is 58.7 Å². The number of aromatic nitrogens is 1. The number of carboxylic acids is 1. The molecule has 2 aromatic carbocycles. The van der Waals surface area contributed by atoms with Crippen molar-refractivity contribution in [2.45, 2.75) is 24.3 Å². The van der Waals surface area contributed by atoms with Crippen LogP contribution in [0.25, 0.3) is 10.9 Å². The second-order valence-corrected chi connectivity index (χ2v) is 8.68. The second-order valence-electron chi connectivity index (χ2n) is 6.08. The first-order valence-electron chi connectivity index (χ1n) is 8.52. The van der Waals surface area contributed by atoms with Crippen LogP contribution < -0.4 is 14.6 Å². The maximum Gasteiger partial charge on any atom is 0.244 e. The molecule has 0 unspecified atom stereocenters. The van der Waals surface area contributed by atoms with Gasteiger partial charge in [-0.1, -0.05) is 34.1 Å². The number of ether oxygens (including phenoxy) is 1. The zero-order valence-corrected chi connectivity index (χ0v) is 17.3. The number of aliphatic carboxylic acids is 1. The number of halogens is 1. The number of para-hydroxylation sites is 1. The molecule has 2 N–H and O–H groups in total. The molecular formula is C19H18BrN2O5S-. The van der Waals surface area contributed by atoms with Gasteiger partial charge < -0.3 is 19.6 Å². The van der Waals surface area contributed by atoms with Crippen molar-refractivity contribution in [1.29, 1.82) is 0 Å². The van der Waals surface area contributed by atoms with Crippen LogP contribution in [0, 0.1) is 0 Å². The molecule has 0 spiro atoms. The minimum absolute atomic E-state index is 0.0659. The molecule has 7 nitrogen and oxygen atoms in total. The van der Waals surface area contributed by atoms with Crippen LogP contribution >= 0.6 is 15.9 Å². The Bertz CT molecular complexity index is 1110. The molecule has 148 valence electrons. The highest BCUT2D eigenvalue weighted by atomic mass is 79.9. The van der Waals surface area contributed by atoms with Crippen molar-refractivity contribution < 1.29 is 23.1 Å². The van der Waals surface area contributed by atoms with Crippen molar-refractivity contribution in [1.82, 2.24) is 9.71 Å².